The van der Waals surface area contributed by atoms with E-state index < -0.39 is 5.97 Å². The second-order valence-electron chi connectivity index (χ2n) is 4.28. The number of carboxylic acid groups (broad SMARTS) is 1. The van der Waals surface area contributed by atoms with Crippen molar-refractivity contribution in [2.75, 3.05) is 24.3 Å². The lowest BCUT2D eigenvalue weighted by Crippen LogP contribution is -2.08. The average molecular weight is 261 g/mol. The first kappa shape index (κ1) is 12.9. The highest BCUT2D eigenvalue weighted by atomic mass is 16.5. The molecule has 0 aliphatic carbocycles. The molecule has 0 aliphatic heterocycles. The zero-order valence-corrected chi connectivity index (χ0v) is 10.8. The molecule has 0 saturated carbocycles. The van der Waals surface area contributed by atoms with Crippen molar-refractivity contribution >= 4 is 17.3 Å². The van der Waals surface area contributed by atoms with E-state index in [4.69, 9.17) is 9.63 Å². The molecule has 0 spiro atoms. The molecule has 0 unspecified atom stereocenters. The summed E-state index contributed by atoms with van der Waals surface area (Å²) in [5.41, 5.74) is 1.96. The van der Waals surface area contributed by atoms with Crippen molar-refractivity contribution in [3.63, 3.8) is 0 Å². The minimum absolute atomic E-state index is 0.0836. The van der Waals surface area contributed by atoms with Crippen molar-refractivity contribution in [2.45, 2.75) is 6.54 Å². The van der Waals surface area contributed by atoms with Crippen LogP contribution in [-0.4, -0.2) is 30.3 Å². The van der Waals surface area contributed by atoms with Gasteiger partial charge in [-0.15, -0.1) is 0 Å². The van der Waals surface area contributed by atoms with Gasteiger partial charge in [0.05, 0.1) is 6.54 Å². The number of benzene rings is 1. The summed E-state index contributed by atoms with van der Waals surface area (Å²) in [7, 11) is 3.95. The van der Waals surface area contributed by atoms with Crippen LogP contribution in [0.1, 0.15) is 16.2 Å². The van der Waals surface area contributed by atoms with Crippen LogP contribution in [0.2, 0.25) is 0 Å². The fraction of sp³-hybridized carbons (Fsp3) is 0.231. The summed E-state index contributed by atoms with van der Waals surface area (Å²) in [5, 5.41) is 15.3. The minimum atomic E-state index is -1.09. The maximum absolute atomic E-state index is 10.6. The van der Waals surface area contributed by atoms with Crippen molar-refractivity contribution in [3.8, 4) is 0 Å². The quantitative estimate of drug-likeness (QED) is 0.857. The largest absolute Gasteiger partial charge is 0.476 e. The number of carbonyl (C=O) groups is 1. The van der Waals surface area contributed by atoms with Gasteiger partial charge in [0.2, 0.25) is 0 Å². The molecule has 0 amide bonds. The third kappa shape index (κ3) is 3.25. The van der Waals surface area contributed by atoms with Crippen LogP contribution in [0.25, 0.3) is 0 Å². The van der Waals surface area contributed by atoms with Crippen molar-refractivity contribution in [1.29, 1.82) is 0 Å². The second-order valence-corrected chi connectivity index (χ2v) is 4.28. The molecule has 1 aromatic carbocycles. The molecule has 6 nitrogen and oxygen atoms in total. The topological polar surface area (TPSA) is 78.6 Å². The van der Waals surface area contributed by atoms with Crippen LogP contribution in [0.5, 0.6) is 0 Å². The fourth-order valence-electron chi connectivity index (χ4n) is 1.56. The van der Waals surface area contributed by atoms with Gasteiger partial charge in [-0.1, -0.05) is 5.16 Å². The normalized spacial score (nSPS) is 10.2. The maximum atomic E-state index is 10.6. The highest BCUT2D eigenvalue weighted by Gasteiger charge is 2.10. The van der Waals surface area contributed by atoms with Gasteiger partial charge in [-0.25, -0.2) is 4.79 Å². The predicted molar refractivity (Wildman–Crippen MR) is 71.6 cm³/mol. The van der Waals surface area contributed by atoms with Crippen LogP contribution in [0.3, 0.4) is 0 Å². The summed E-state index contributed by atoms with van der Waals surface area (Å²) >= 11 is 0. The van der Waals surface area contributed by atoms with E-state index in [1.165, 1.54) is 6.07 Å². The fourth-order valence-corrected chi connectivity index (χ4v) is 1.56. The molecule has 2 N–H and O–H groups in total. The van der Waals surface area contributed by atoms with Crippen LogP contribution >= 0.6 is 0 Å². The van der Waals surface area contributed by atoms with Crippen LogP contribution in [0.15, 0.2) is 34.9 Å². The molecular weight excluding hydrogens is 246 g/mol. The summed E-state index contributed by atoms with van der Waals surface area (Å²) in [5.74, 6) is -0.612. The van der Waals surface area contributed by atoms with E-state index in [1.54, 1.807) is 0 Å². The number of hydrogen-bond acceptors (Lipinski definition) is 5. The van der Waals surface area contributed by atoms with E-state index in [2.05, 4.69) is 10.5 Å². The monoisotopic (exact) mass is 261 g/mol. The van der Waals surface area contributed by atoms with E-state index in [0.717, 1.165) is 11.4 Å². The van der Waals surface area contributed by atoms with Crippen molar-refractivity contribution in [1.82, 2.24) is 5.16 Å². The molecule has 0 atom stereocenters. The van der Waals surface area contributed by atoms with E-state index in [9.17, 15) is 4.79 Å². The molecule has 1 heterocycles. The summed E-state index contributed by atoms with van der Waals surface area (Å²) < 4.78 is 4.91. The lowest BCUT2D eigenvalue weighted by Gasteiger charge is -2.12. The molecule has 1 aromatic heterocycles. The summed E-state index contributed by atoms with van der Waals surface area (Å²) in [4.78, 5) is 12.7. The third-order valence-electron chi connectivity index (χ3n) is 2.63. The number of anilines is 2. The van der Waals surface area contributed by atoms with Crippen molar-refractivity contribution in [3.05, 3.63) is 41.8 Å². The Hall–Kier alpha value is -2.50. The molecule has 0 bridgehead atoms. The Labute approximate surface area is 110 Å². The second kappa shape index (κ2) is 5.43. The van der Waals surface area contributed by atoms with Crippen molar-refractivity contribution in [2.24, 2.45) is 0 Å². The number of carboxylic acids is 1. The Morgan fingerprint density at radius 1 is 1.37 bits per heavy atom. The Morgan fingerprint density at radius 2 is 2.05 bits per heavy atom. The molecule has 6 heteroatoms. The predicted octanol–water partition coefficient (Wildman–Crippen LogP) is 2.05. The average Bonchev–Trinajstić information content (AvgIpc) is 2.86. The summed E-state index contributed by atoms with van der Waals surface area (Å²) in [6, 6.07) is 9.29. The first-order valence-electron chi connectivity index (χ1n) is 5.76. The van der Waals surface area contributed by atoms with E-state index in [0.29, 0.717) is 12.3 Å². The number of nitrogens with zero attached hydrogens (tertiary/aromatic N) is 2. The molecule has 19 heavy (non-hydrogen) atoms. The van der Waals surface area contributed by atoms with Gasteiger partial charge >= 0.3 is 5.97 Å². The number of nitrogens with one attached hydrogen (secondary N) is 1. The van der Waals surface area contributed by atoms with Crippen LogP contribution in [0.4, 0.5) is 11.4 Å². The zero-order chi connectivity index (χ0) is 13.8. The number of aromatic carboxylic acids is 1. The SMILES string of the molecule is CN(C)c1ccc(NCc2cc(C(=O)O)no2)cc1. The van der Waals surface area contributed by atoms with Crippen LogP contribution < -0.4 is 10.2 Å². The smallest absolute Gasteiger partial charge is 0.358 e. The Kier molecular flexibility index (Phi) is 3.70. The van der Waals surface area contributed by atoms with Crippen LogP contribution in [0, 0.1) is 0 Å². The van der Waals surface area contributed by atoms with Crippen LogP contribution in [-0.2, 0) is 6.54 Å². The van der Waals surface area contributed by atoms with Gasteiger partial charge in [0.1, 0.15) is 0 Å². The number of hydrogen-bond donors (Lipinski definition) is 2. The van der Waals surface area contributed by atoms with Gasteiger partial charge in [0.25, 0.3) is 0 Å². The van der Waals surface area contributed by atoms with E-state index in [-0.39, 0.29) is 5.69 Å². The molecule has 0 fully saturated rings. The molecule has 100 valence electrons. The lowest BCUT2D eigenvalue weighted by atomic mass is 10.2. The Bertz CT molecular complexity index is 561. The summed E-state index contributed by atoms with van der Waals surface area (Å²) in [6.07, 6.45) is 0. The van der Waals surface area contributed by atoms with E-state index in [1.807, 2.05) is 43.3 Å². The standard InChI is InChI=1S/C13H15N3O3/c1-16(2)10-5-3-9(4-6-10)14-8-11-7-12(13(17)18)15-19-11/h3-7,14H,8H2,1-2H3,(H,17,18). The molecule has 2 aromatic rings. The first-order valence-corrected chi connectivity index (χ1v) is 5.76. The van der Waals surface area contributed by atoms with Gasteiger partial charge in [0.15, 0.2) is 11.5 Å². The molecular formula is C13H15N3O3. The third-order valence-corrected chi connectivity index (χ3v) is 2.63. The van der Waals surface area contributed by atoms with Gasteiger partial charge in [0, 0.05) is 31.5 Å². The molecule has 0 aliphatic rings. The summed E-state index contributed by atoms with van der Waals surface area (Å²) in [6.45, 7) is 0.390. The van der Waals surface area contributed by atoms with Gasteiger partial charge < -0.3 is 19.8 Å². The van der Waals surface area contributed by atoms with Gasteiger partial charge in [-0.3, -0.25) is 0 Å². The highest BCUT2D eigenvalue weighted by Crippen LogP contribution is 2.16. The first-order chi connectivity index (χ1) is 9.06. The Morgan fingerprint density at radius 3 is 2.58 bits per heavy atom. The maximum Gasteiger partial charge on any atom is 0.358 e. The zero-order valence-electron chi connectivity index (χ0n) is 10.8. The van der Waals surface area contributed by atoms with Crippen molar-refractivity contribution < 1.29 is 14.4 Å². The Balaban J connectivity index is 1.96. The molecule has 0 saturated heterocycles. The minimum Gasteiger partial charge on any atom is -0.476 e. The molecule has 2 rings (SSSR count). The number of aromatic nitrogens is 1. The number of rotatable bonds is 5. The van der Waals surface area contributed by atoms with Gasteiger partial charge in [-0.2, -0.15) is 0 Å². The van der Waals surface area contributed by atoms with Gasteiger partial charge in [-0.05, 0) is 24.3 Å². The highest BCUT2D eigenvalue weighted by molar-refractivity contribution is 5.85. The molecule has 0 radical (unpaired) electrons. The lowest BCUT2D eigenvalue weighted by molar-refractivity contribution is 0.0685. The van der Waals surface area contributed by atoms with E-state index >= 15 is 0 Å².